The molecule has 0 unspecified atom stereocenters. The minimum Gasteiger partial charge on any atom is -0.436 e. The number of carbonyl (C=O) groups is 2. The SMILES string of the molecule is C=CC(=O)Nc1cccc2oc(-c3ccc4cc5n(c4c3)CCNC5=O)nc12. The van der Waals surface area contributed by atoms with E-state index in [0.29, 0.717) is 34.9 Å². The molecule has 1 aliphatic rings. The molecular formula is C21H16N4O3. The zero-order valence-corrected chi connectivity index (χ0v) is 14.9. The Bertz CT molecular complexity index is 1280. The van der Waals surface area contributed by atoms with Gasteiger partial charge in [0.25, 0.3) is 5.91 Å². The number of para-hydroxylation sites is 1. The number of rotatable bonds is 3. The Balaban J connectivity index is 1.63. The summed E-state index contributed by atoms with van der Waals surface area (Å²) in [5.41, 5.74) is 4.14. The van der Waals surface area contributed by atoms with Crippen LogP contribution in [0, 0.1) is 0 Å². The zero-order valence-electron chi connectivity index (χ0n) is 14.9. The maximum Gasteiger partial charge on any atom is 0.268 e. The van der Waals surface area contributed by atoms with E-state index in [0.717, 1.165) is 23.0 Å². The number of hydrogen-bond donors (Lipinski definition) is 2. The van der Waals surface area contributed by atoms with Gasteiger partial charge in [0.15, 0.2) is 5.58 Å². The molecule has 0 radical (unpaired) electrons. The standard InChI is InChI=1S/C21H16N4O3/c1-2-18(26)23-14-4-3-5-17-19(14)24-21(28-17)13-7-6-12-10-16-20(27)22-8-9-25(16)15(12)11-13/h2-7,10-11H,1,8-9H2,(H,22,27)(H,23,26). The van der Waals surface area contributed by atoms with Gasteiger partial charge in [-0.15, -0.1) is 0 Å². The number of carbonyl (C=O) groups excluding carboxylic acids is 2. The summed E-state index contributed by atoms with van der Waals surface area (Å²) in [7, 11) is 0. The van der Waals surface area contributed by atoms with E-state index in [1.807, 2.05) is 28.8 Å². The molecule has 0 saturated heterocycles. The van der Waals surface area contributed by atoms with Gasteiger partial charge in [-0.1, -0.05) is 18.7 Å². The lowest BCUT2D eigenvalue weighted by Gasteiger charge is -2.16. The van der Waals surface area contributed by atoms with Gasteiger partial charge in [0, 0.05) is 29.6 Å². The number of anilines is 1. The maximum absolute atomic E-state index is 12.1. The second kappa shape index (κ2) is 6.09. The fourth-order valence-electron chi connectivity index (χ4n) is 3.54. The molecule has 7 heteroatoms. The number of hydrogen-bond acceptors (Lipinski definition) is 4. The van der Waals surface area contributed by atoms with Gasteiger partial charge in [0.05, 0.1) is 5.69 Å². The van der Waals surface area contributed by atoms with Gasteiger partial charge < -0.3 is 19.6 Å². The molecule has 2 N–H and O–H groups in total. The van der Waals surface area contributed by atoms with E-state index >= 15 is 0 Å². The average Bonchev–Trinajstić information content (AvgIpc) is 3.30. The number of amides is 2. The number of fused-ring (bicyclic) bond motifs is 4. The molecule has 138 valence electrons. The van der Waals surface area contributed by atoms with Gasteiger partial charge in [-0.2, -0.15) is 0 Å². The first kappa shape index (κ1) is 16.3. The van der Waals surface area contributed by atoms with Crippen LogP contribution in [-0.2, 0) is 11.3 Å². The lowest BCUT2D eigenvalue weighted by Crippen LogP contribution is -2.34. The maximum atomic E-state index is 12.1. The molecular weight excluding hydrogens is 356 g/mol. The minimum absolute atomic E-state index is 0.0616. The largest absolute Gasteiger partial charge is 0.436 e. The van der Waals surface area contributed by atoms with Crippen LogP contribution in [-0.4, -0.2) is 27.9 Å². The predicted molar refractivity (Wildman–Crippen MR) is 106 cm³/mol. The molecule has 1 aliphatic heterocycles. The third kappa shape index (κ3) is 2.48. The Morgan fingerprint density at radius 1 is 1.29 bits per heavy atom. The van der Waals surface area contributed by atoms with Crippen LogP contribution in [0.4, 0.5) is 5.69 Å². The highest BCUT2D eigenvalue weighted by molar-refractivity contribution is 6.04. The number of benzene rings is 2. The smallest absolute Gasteiger partial charge is 0.268 e. The molecule has 2 aromatic carbocycles. The van der Waals surface area contributed by atoms with Crippen molar-refractivity contribution in [1.29, 1.82) is 0 Å². The predicted octanol–water partition coefficient (Wildman–Crippen LogP) is 3.32. The van der Waals surface area contributed by atoms with E-state index < -0.39 is 0 Å². The molecule has 0 aliphatic carbocycles. The van der Waals surface area contributed by atoms with Gasteiger partial charge in [0.2, 0.25) is 11.8 Å². The summed E-state index contributed by atoms with van der Waals surface area (Å²) in [5, 5.41) is 6.59. The van der Waals surface area contributed by atoms with Crippen molar-refractivity contribution in [2.45, 2.75) is 6.54 Å². The Labute approximate surface area is 159 Å². The van der Waals surface area contributed by atoms with E-state index in [4.69, 9.17) is 4.42 Å². The quantitative estimate of drug-likeness (QED) is 0.540. The topological polar surface area (TPSA) is 89.2 Å². The average molecular weight is 372 g/mol. The molecule has 3 heterocycles. The minimum atomic E-state index is -0.309. The van der Waals surface area contributed by atoms with Gasteiger partial charge in [-0.25, -0.2) is 4.98 Å². The monoisotopic (exact) mass is 372 g/mol. The highest BCUT2D eigenvalue weighted by atomic mass is 16.3. The molecule has 0 bridgehead atoms. The lowest BCUT2D eigenvalue weighted by molar-refractivity contribution is -0.111. The van der Waals surface area contributed by atoms with Crippen LogP contribution in [0.3, 0.4) is 0 Å². The van der Waals surface area contributed by atoms with Crippen molar-refractivity contribution < 1.29 is 14.0 Å². The molecule has 28 heavy (non-hydrogen) atoms. The molecule has 7 nitrogen and oxygen atoms in total. The fraction of sp³-hybridized carbons (Fsp3) is 0.0952. The number of nitrogens with one attached hydrogen (secondary N) is 2. The van der Waals surface area contributed by atoms with E-state index in [1.165, 1.54) is 6.08 Å². The Kier molecular flexibility index (Phi) is 3.55. The summed E-state index contributed by atoms with van der Waals surface area (Å²) in [5.74, 6) is 0.0815. The van der Waals surface area contributed by atoms with Crippen molar-refractivity contribution in [1.82, 2.24) is 14.9 Å². The third-order valence-corrected chi connectivity index (χ3v) is 4.87. The van der Waals surface area contributed by atoms with Crippen LogP contribution in [0.5, 0.6) is 0 Å². The van der Waals surface area contributed by atoms with Crippen molar-refractivity contribution in [2.24, 2.45) is 0 Å². The summed E-state index contributed by atoms with van der Waals surface area (Å²) < 4.78 is 7.93. The van der Waals surface area contributed by atoms with Gasteiger partial charge in [0.1, 0.15) is 11.2 Å². The van der Waals surface area contributed by atoms with Crippen LogP contribution >= 0.6 is 0 Å². The summed E-state index contributed by atoms with van der Waals surface area (Å²) in [6, 6.07) is 13.1. The summed E-state index contributed by atoms with van der Waals surface area (Å²) in [6.07, 6.45) is 1.21. The summed E-state index contributed by atoms with van der Waals surface area (Å²) >= 11 is 0. The third-order valence-electron chi connectivity index (χ3n) is 4.87. The molecule has 5 rings (SSSR count). The van der Waals surface area contributed by atoms with Crippen molar-refractivity contribution in [2.75, 3.05) is 11.9 Å². The van der Waals surface area contributed by atoms with Gasteiger partial charge in [-0.05, 0) is 36.4 Å². The summed E-state index contributed by atoms with van der Waals surface area (Å²) in [4.78, 5) is 28.3. The van der Waals surface area contributed by atoms with Crippen molar-refractivity contribution in [3.63, 3.8) is 0 Å². The van der Waals surface area contributed by atoms with Gasteiger partial charge >= 0.3 is 0 Å². The molecule has 4 aromatic rings. The molecule has 2 aromatic heterocycles. The van der Waals surface area contributed by atoms with Crippen molar-refractivity contribution >= 4 is 39.5 Å². The second-order valence-corrected chi connectivity index (χ2v) is 6.58. The molecule has 0 atom stereocenters. The molecule has 0 spiro atoms. The Morgan fingerprint density at radius 2 is 2.18 bits per heavy atom. The normalized spacial score (nSPS) is 13.4. The van der Waals surface area contributed by atoms with Crippen LogP contribution in [0.2, 0.25) is 0 Å². The number of aromatic nitrogens is 2. The van der Waals surface area contributed by atoms with Crippen LogP contribution in [0.25, 0.3) is 33.5 Å². The van der Waals surface area contributed by atoms with Crippen LogP contribution in [0.15, 0.2) is 59.5 Å². The van der Waals surface area contributed by atoms with Crippen LogP contribution in [0.1, 0.15) is 10.5 Å². The van der Waals surface area contributed by atoms with Crippen LogP contribution < -0.4 is 10.6 Å². The zero-order chi connectivity index (χ0) is 19.3. The second-order valence-electron chi connectivity index (χ2n) is 6.58. The van der Waals surface area contributed by atoms with Crippen molar-refractivity contribution in [3.05, 3.63) is 60.8 Å². The fourth-order valence-corrected chi connectivity index (χ4v) is 3.54. The Morgan fingerprint density at radius 3 is 3.04 bits per heavy atom. The highest BCUT2D eigenvalue weighted by Gasteiger charge is 2.20. The summed E-state index contributed by atoms with van der Waals surface area (Å²) in [6.45, 7) is 4.80. The number of nitrogens with zero attached hydrogens (tertiary/aromatic N) is 2. The Hall–Kier alpha value is -3.87. The van der Waals surface area contributed by atoms with Crippen molar-refractivity contribution in [3.8, 4) is 11.5 Å². The van der Waals surface area contributed by atoms with E-state index in [-0.39, 0.29) is 11.8 Å². The first-order valence-electron chi connectivity index (χ1n) is 8.89. The lowest BCUT2D eigenvalue weighted by atomic mass is 10.1. The van der Waals surface area contributed by atoms with E-state index in [2.05, 4.69) is 22.2 Å². The molecule has 0 fully saturated rings. The van der Waals surface area contributed by atoms with Gasteiger partial charge in [-0.3, -0.25) is 9.59 Å². The molecule has 2 amide bonds. The number of oxazole rings is 1. The van der Waals surface area contributed by atoms with E-state index in [9.17, 15) is 9.59 Å². The highest BCUT2D eigenvalue weighted by Crippen LogP contribution is 2.31. The first-order valence-corrected chi connectivity index (χ1v) is 8.89. The van der Waals surface area contributed by atoms with E-state index in [1.54, 1.807) is 18.2 Å². The first-order chi connectivity index (χ1) is 13.6. The molecule has 0 saturated carbocycles.